The minimum Gasteiger partial charge on any atom is -0.456 e. The Kier molecular flexibility index (Phi) is 4.50. The lowest BCUT2D eigenvalue weighted by Gasteiger charge is -2.30. The van der Waals surface area contributed by atoms with Gasteiger partial charge >= 0.3 is 0 Å². The number of benzene rings is 6. The molecule has 38 heavy (non-hydrogen) atoms. The summed E-state index contributed by atoms with van der Waals surface area (Å²) in [5.41, 5.74) is 12.8. The van der Waals surface area contributed by atoms with Crippen LogP contribution in [0.3, 0.4) is 0 Å². The van der Waals surface area contributed by atoms with Gasteiger partial charge in [-0.3, -0.25) is 0 Å². The lowest BCUT2D eigenvalue weighted by Crippen LogP contribution is -2.25. The summed E-state index contributed by atoms with van der Waals surface area (Å²) in [6, 6.07) is 51.9. The predicted octanol–water partition coefficient (Wildman–Crippen LogP) is 9.62. The van der Waals surface area contributed by atoms with Crippen molar-refractivity contribution >= 4 is 21.9 Å². The smallest absolute Gasteiger partial charge is 0.135 e. The summed E-state index contributed by atoms with van der Waals surface area (Å²) < 4.78 is 5.65. The van der Waals surface area contributed by atoms with E-state index in [4.69, 9.17) is 4.42 Å². The average molecular weight is 485 g/mol. The van der Waals surface area contributed by atoms with Crippen LogP contribution in [-0.4, -0.2) is 0 Å². The predicted molar refractivity (Wildman–Crippen MR) is 156 cm³/mol. The fourth-order valence-corrected chi connectivity index (χ4v) is 6.73. The first kappa shape index (κ1) is 21.2. The second-order valence-electron chi connectivity index (χ2n) is 10.0. The zero-order valence-electron chi connectivity index (χ0n) is 20.8. The summed E-state index contributed by atoms with van der Waals surface area (Å²) in [4.78, 5) is 0. The van der Waals surface area contributed by atoms with Crippen molar-refractivity contribution < 1.29 is 4.42 Å². The van der Waals surface area contributed by atoms with Gasteiger partial charge in [-0.05, 0) is 56.6 Å². The van der Waals surface area contributed by atoms with E-state index in [0.29, 0.717) is 0 Å². The van der Waals surface area contributed by atoms with Crippen molar-refractivity contribution in [1.82, 2.24) is 0 Å². The maximum absolute atomic E-state index is 5.65. The zero-order chi connectivity index (χ0) is 25.1. The highest BCUT2D eigenvalue weighted by Crippen LogP contribution is 2.62. The molecule has 6 aromatic carbocycles. The van der Waals surface area contributed by atoms with Crippen molar-refractivity contribution in [3.8, 4) is 22.3 Å². The van der Waals surface area contributed by atoms with Crippen LogP contribution in [0.5, 0.6) is 0 Å². The maximum atomic E-state index is 5.65. The van der Waals surface area contributed by atoms with Crippen LogP contribution in [-0.2, 0) is 5.41 Å². The summed E-state index contributed by atoms with van der Waals surface area (Å²) in [6.07, 6.45) is 0. The molecule has 2 aliphatic rings. The molecule has 0 bridgehead atoms. The van der Waals surface area contributed by atoms with Crippen molar-refractivity contribution in [3.63, 3.8) is 0 Å². The molecule has 9 rings (SSSR count). The number of hydrogen-bond acceptors (Lipinski definition) is 1. The number of hydrogen-bond donors (Lipinski definition) is 0. The van der Waals surface area contributed by atoms with Crippen molar-refractivity contribution in [1.29, 1.82) is 0 Å². The van der Waals surface area contributed by atoms with E-state index in [2.05, 4.69) is 109 Å². The van der Waals surface area contributed by atoms with Gasteiger partial charge in [-0.25, -0.2) is 0 Å². The summed E-state index contributed by atoms with van der Waals surface area (Å²) >= 11 is 0. The molecule has 0 saturated heterocycles. The Bertz CT molecular complexity index is 1750. The maximum Gasteiger partial charge on any atom is 0.135 e. The van der Waals surface area contributed by atoms with Crippen molar-refractivity contribution in [2.75, 3.05) is 0 Å². The molecule has 0 fully saturated rings. The molecule has 1 heterocycles. The van der Waals surface area contributed by atoms with Gasteiger partial charge in [-0.2, -0.15) is 0 Å². The Morgan fingerprint density at radius 3 is 0.974 bits per heavy atom. The van der Waals surface area contributed by atoms with Crippen LogP contribution in [0.15, 0.2) is 150 Å². The molecule has 0 N–H and O–H groups in total. The topological polar surface area (TPSA) is 13.1 Å². The second kappa shape index (κ2) is 8.06. The minimum atomic E-state index is -0.180. The lowest BCUT2D eigenvalue weighted by atomic mass is 9.70. The zero-order valence-corrected chi connectivity index (χ0v) is 20.8. The van der Waals surface area contributed by atoms with Crippen LogP contribution in [0.25, 0.3) is 44.2 Å². The van der Waals surface area contributed by atoms with E-state index < -0.39 is 0 Å². The quantitative estimate of drug-likeness (QED) is 0.209. The Hall–Kier alpha value is -4.88. The third kappa shape index (κ3) is 2.76. The van der Waals surface area contributed by atoms with Crippen LogP contribution in [0.1, 0.15) is 22.3 Å². The first-order valence-corrected chi connectivity index (χ1v) is 13.1. The van der Waals surface area contributed by atoms with E-state index in [1.54, 1.807) is 0 Å². The molecule has 0 unspecified atom stereocenters. The molecule has 2 aliphatic carbocycles. The first-order valence-electron chi connectivity index (χ1n) is 13.1. The van der Waals surface area contributed by atoms with Gasteiger partial charge in [0, 0.05) is 10.8 Å². The average Bonchev–Trinajstić information content (AvgIpc) is 3.62. The first-order chi connectivity index (χ1) is 18.9. The summed E-state index contributed by atoms with van der Waals surface area (Å²) in [6.45, 7) is 0. The van der Waals surface area contributed by atoms with Gasteiger partial charge in [0.15, 0.2) is 0 Å². The standard InChI is InChI=1S/C25H16.C12H8O/c1-5-13-21-17(9-1)18-10-2-6-14-22(18)25(21)23-15-7-3-11-19(23)20-12-4-8-16-24(20)25;1-3-7-11-9(5-1)10-6-2-4-8-12(10)13-11/h1-16H;1-8H. The van der Waals surface area contributed by atoms with E-state index in [1.165, 1.54) is 55.3 Å². The minimum absolute atomic E-state index is 0.180. The van der Waals surface area contributed by atoms with E-state index in [0.717, 1.165) is 11.2 Å². The Balaban J connectivity index is 0.000000145. The van der Waals surface area contributed by atoms with Crippen LogP contribution in [0.4, 0.5) is 0 Å². The van der Waals surface area contributed by atoms with Crippen molar-refractivity contribution in [2.24, 2.45) is 0 Å². The molecular formula is C37H24O. The molecule has 1 heteroatoms. The van der Waals surface area contributed by atoms with Gasteiger partial charge in [0.05, 0.1) is 5.41 Å². The van der Waals surface area contributed by atoms with Gasteiger partial charge in [0.25, 0.3) is 0 Å². The lowest BCUT2D eigenvalue weighted by molar-refractivity contribution is 0.669. The van der Waals surface area contributed by atoms with Gasteiger partial charge < -0.3 is 4.42 Å². The van der Waals surface area contributed by atoms with Crippen LogP contribution in [0.2, 0.25) is 0 Å². The molecule has 1 aromatic heterocycles. The molecular weight excluding hydrogens is 460 g/mol. The fraction of sp³-hybridized carbons (Fsp3) is 0.0270. The SMILES string of the molecule is c1ccc2c(c1)-c1ccccc1C21c2ccccc2-c2ccccc21.c1ccc2c(c1)oc1ccccc12. The Morgan fingerprint density at radius 2 is 0.605 bits per heavy atom. The highest BCUT2D eigenvalue weighted by Gasteiger charge is 2.51. The molecule has 0 saturated carbocycles. The van der Waals surface area contributed by atoms with Crippen LogP contribution < -0.4 is 0 Å². The van der Waals surface area contributed by atoms with Gasteiger partial charge in [-0.1, -0.05) is 133 Å². The number of fused-ring (bicyclic) bond motifs is 13. The molecule has 7 aromatic rings. The Morgan fingerprint density at radius 1 is 0.316 bits per heavy atom. The van der Waals surface area contributed by atoms with Crippen molar-refractivity contribution in [3.05, 3.63) is 168 Å². The molecule has 0 amide bonds. The monoisotopic (exact) mass is 484 g/mol. The highest BCUT2D eigenvalue weighted by molar-refractivity contribution is 6.04. The summed E-state index contributed by atoms with van der Waals surface area (Å²) in [7, 11) is 0. The molecule has 0 radical (unpaired) electrons. The molecule has 1 spiro atoms. The summed E-state index contributed by atoms with van der Waals surface area (Å²) in [5.74, 6) is 0. The van der Waals surface area contributed by atoms with Crippen LogP contribution in [0, 0.1) is 0 Å². The third-order valence-corrected chi connectivity index (χ3v) is 8.19. The van der Waals surface area contributed by atoms with Crippen LogP contribution >= 0.6 is 0 Å². The van der Waals surface area contributed by atoms with E-state index in [-0.39, 0.29) is 5.41 Å². The summed E-state index contributed by atoms with van der Waals surface area (Å²) in [5, 5.41) is 2.39. The van der Waals surface area contributed by atoms with Gasteiger partial charge in [0.1, 0.15) is 11.2 Å². The van der Waals surface area contributed by atoms with Crippen molar-refractivity contribution in [2.45, 2.75) is 5.41 Å². The number of rotatable bonds is 0. The second-order valence-corrected chi connectivity index (χ2v) is 10.0. The van der Waals surface area contributed by atoms with E-state index >= 15 is 0 Å². The van der Waals surface area contributed by atoms with Gasteiger partial charge in [-0.15, -0.1) is 0 Å². The molecule has 178 valence electrons. The Labute approximate surface area is 221 Å². The fourth-order valence-electron chi connectivity index (χ4n) is 6.73. The van der Waals surface area contributed by atoms with E-state index in [1.807, 2.05) is 36.4 Å². The molecule has 0 aliphatic heterocycles. The number of furan rings is 1. The largest absolute Gasteiger partial charge is 0.456 e. The molecule has 1 nitrogen and oxygen atoms in total. The van der Waals surface area contributed by atoms with Gasteiger partial charge in [0.2, 0.25) is 0 Å². The third-order valence-electron chi connectivity index (χ3n) is 8.19. The normalized spacial score (nSPS) is 13.5. The number of para-hydroxylation sites is 2. The highest BCUT2D eigenvalue weighted by atomic mass is 16.3. The van der Waals surface area contributed by atoms with E-state index in [9.17, 15) is 0 Å². The molecule has 0 atom stereocenters.